The molecule has 0 atom stereocenters. The largest absolute Gasteiger partial charge is 0.487 e. The normalized spacial score (nSPS) is 12.6. The molecule has 5 aromatic rings. The molecule has 1 aliphatic rings. The Balaban J connectivity index is 1.88. The third-order valence-corrected chi connectivity index (χ3v) is 6.13. The van der Waals surface area contributed by atoms with E-state index in [0.29, 0.717) is 6.61 Å². The van der Waals surface area contributed by atoms with Crippen molar-refractivity contribution in [1.82, 2.24) is 4.57 Å². The van der Waals surface area contributed by atoms with Gasteiger partial charge >= 0.3 is 0 Å². The summed E-state index contributed by atoms with van der Waals surface area (Å²) in [6.07, 6.45) is 0. The summed E-state index contributed by atoms with van der Waals surface area (Å²) in [6, 6.07) is 29.9. The molecular weight excluding hydrogens is 410 g/mol. The van der Waals surface area contributed by atoms with Gasteiger partial charge in [0.1, 0.15) is 12.4 Å². The van der Waals surface area contributed by atoms with Crippen LogP contribution < -0.4 is 4.74 Å². The molecule has 134 valence electrons. The number of hydrogen-bond acceptors (Lipinski definition) is 1. The molecular formula is C25H16BrNO. The van der Waals surface area contributed by atoms with Crippen LogP contribution >= 0.6 is 15.9 Å². The third-order valence-electron chi connectivity index (χ3n) is 5.54. The second kappa shape index (κ2) is 5.98. The van der Waals surface area contributed by atoms with Crippen LogP contribution in [0.1, 0.15) is 5.56 Å². The van der Waals surface area contributed by atoms with Gasteiger partial charge in [0.15, 0.2) is 0 Å². The Labute approximate surface area is 171 Å². The molecule has 2 heterocycles. The van der Waals surface area contributed by atoms with Crippen LogP contribution in [0.15, 0.2) is 89.4 Å². The summed E-state index contributed by atoms with van der Waals surface area (Å²) in [5.74, 6) is 0.922. The molecule has 2 nitrogen and oxygen atoms in total. The van der Waals surface area contributed by atoms with Gasteiger partial charge in [-0.1, -0.05) is 60.7 Å². The number of fused-ring (bicyclic) bond motifs is 7. The molecule has 0 aliphatic carbocycles. The highest BCUT2D eigenvalue weighted by atomic mass is 79.9. The second-order valence-corrected chi connectivity index (χ2v) is 7.95. The number of ether oxygens (including phenoxy) is 1. The molecule has 3 heteroatoms. The van der Waals surface area contributed by atoms with Crippen molar-refractivity contribution in [3.63, 3.8) is 0 Å². The third kappa shape index (κ3) is 2.14. The van der Waals surface area contributed by atoms with Gasteiger partial charge in [0.2, 0.25) is 0 Å². The van der Waals surface area contributed by atoms with Crippen molar-refractivity contribution in [2.75, 3.05) is 0 Å². The molecule has 0 bridgehead atoms. The molecule has 0 N–H and O–H groups in total. The summed E-state index contributed by atoms with van der Waals surface area (Å²) in [5, 5.41) is 2.47. The Morgan fingerprint density at radius 3 is 2.43 bits per heavy atom. The summed E-state index contributed by atoms with van der Waals surface area (Å²) in [7, 11) is 0. The molecule has 4 aromatic carbocycles. The number of hydrogen-bond donors (Lipinski definition) is 0. The lowest BCUT2D eigenvalue weighted by Crippen LogP contribution is -2.07. The Bertz CT molecular complexity index is 1370. The minimum atomic E-state index is 0.596. The Hall–Kier alpha value is -3.04. The lowest BCUT2D eigenvalue weighted by atomic mass is 9.94. The van der Waals surface area contributed by atoms with Gasteiger partial charge in [-0.05, 0) is 51.3 Å². The zero-order valence-electron chi connectivity index (χ0n) is 15.0. The van der Waals surface area contributed by atoms with E-state index in [-0.39, 0.29) is 0 Å². The second-order valence-electron chi connectivity index (χ2n) is 7.09. The number of halogens is 1. The molecule has 28 heavy (non-hydrogen) atoms. The van der Waals surface area contributed by atoms with Crippen LogP contribution in [-0.2, 0) is 6.61 Å². The Kier molecular flexibility index (Phi) is 3.41. The number of benzene rings is 4. The predicted octanol–water partition coefficient (Wildman–Crippen LogP) is 7.11. The first-order valence-electron chi connectivity index (χ1n) is 9.35. The van der Waals surface area contributed by atoms with Crippen molar-refractivity contribution in [2.45, 2.75) is 6.61 Å². The van der Waals surface area contributed by atoms with Crippen molar-refractivity contribution in [3.05, 3.63) is 95.0 Å². The Morgan fingerprint density at radius 2 is 1.54 bits per heavy atom. The summed E-state index contributed by atoms with van der Waals surface area (Å²) >= 11 is 3.77. The lowest BCUT2D eigenvalue weighted by Gasteiger charge is -2.24. The van der Waals surface area contributed by atoms with Gasteiger partial charge in [0.25, 0.3) is 0 Å². The van der Waals surface area contributed by atoms with Crippen LogP contribution in [0.4, 0.5) is 0 Å². The van der Waals surface area contributed by atoms with Gasteiger partial charge in [-0.2, -0.15) is 0 Å². The lowest BCUT2D eigenvalue weighted by molar-refractivity contribution is 0.301. The van der Waals surface area contributed by atoms with Crippen molar-refractivity contribution < 1.29 is 4.74 Å². The van der Waals surface area contributed by atoms with Crippen molar-refractivity contribution in [1.29, 1.82) is 0 Å². The molecule has 0 unspecified atom stereocenters. The fourth-order valence-electron chi connectivity index (χ4n) is 4.35. The van der Waals surface area contributed by atoms with Crippen LogP contribution in [0.25, 0.3) is 38.6 Å². The molecule has 0 spiro atoms. The molecule has 0 amide bonds. The van der Waals surface area contributed by atoms with Gasteiger partial charge in [0.05, 0.1) is 21.1 Å². The van der Waals surface area contributed by atoms with Crippen molar-refractivity contribution >= 4 is 37.7 Å². The standard InChI is InChI=1S/C25H16BrNO/c26-21-14-20-19-12-6-7-13-22(19)27(17-9-2-1-3-10-17)24(20)23-18-11-5-4-8-16(18)15-28-25(21)23/h1-14H,15H2. The average molecular weight is 426 g/mol. The van der Waals surface area contributed by atoms with Crippen LogP contribution in [0.2, 0.25) is 0 Å². The topological polar surface area (TPSA) is 14.2 Å². The first-order chi connectivity index (χ1) is 13.8. The van der Waals surface area contributed by atoms with Crippen LogP contribution in [0.3, 0.4) is 0 Å². The maximum absolute atomic E-state index is 6.22. The summed E-state index contributed by atoms with van der Waals surface area (Å²) < 4.78 is 9.58. The van der Waals surface area contributed by atoms with Crippen molar-refractivity contribution in [3.8, 4) is 22.6 Å². The summed E-state index contributed by atoms with van der Waals surface area (Å²) in [6.45, 7) is 0.596. The Morgan fingerprint density at radius 1 is 0.786 bits per heavy atom. The molecule has 0 fully saturated rings. The van der Waals surface area contributed by atoms with E-state index in [9.17, 15) is 0 Å². The SMILES string of the molecule is Brc1cc2c3ccccc3n(-c3ccccc3)c2c2c1OCc1ccccc1-2. The van der Waals surface area contributed by atoms with Crippen molar-refractivity contribution in [2.24, 2.45) is 0 Å². The highest BCUT2D eigenvalue weighted by Crippen LogP contribution is 2.49. The van der Waals surface area contributed by atoms with E-state index in [1.54, 1.807) is 0 Å². The average Bonchev–Trinajstić information content (AvgIpc) is 3.08. The molecule has 6 rings (SSSR count). The quantitative estimate of drug-likeness (QED) is 0.279. The first-order valence-corrected chi connectivity index (χ1v) is 10.1. The van der Waals surface area contributed by atoms with Crippen LogP contribution in [-0.4, -0.2) is 4.57 Å². The van der Waals surface area contributed by atoms with E-state index < -0.39 is 0 Å². The van der Waals surface area contributed by atoms with Gasteiger partial charge in [-0.3, -0.25) is 0 Å². The minimum absolute atomic E-state index is 0.596. The maximum Gasteiger partial charge on any atom is 0.143 e. The molecule has 1 aromatic heterocycles. The monoisotopic (exact) mass is 425 g/mol. The zero-order chi connectivity index (χ0) is 18.7. The first kappa shape index (κ1) is 16.0. The highest BCUT2D eigenvalue weighted by Gasteiger charge is 2.26. The van der Waals surface area contributed by atoms with E-state index in [2.05, 4.69) is 105 Å². The smallest absolute Gasteiger partial charge is 0.143 e. The zero-order valence-corrected chi connectivity index (χ0v) is 16.6. The fourth-order valence-corrected chi connectivity index (χ4v) is 4.89. The predicted molar refractivity (Wildman–Crippen MR) is 118 cm³/mol. The number of aromatic nitrogens is 1. The van der Waals surface area contributed by atoms with E-state index in [1.165, 1.54) is 32.9 Å². The number of rotatable bonds is 1. The summed E-state index contributed by atoms with van der Waals surface area (Å²) in [5.41, 5.74) is 7.17. The van der Waals surface area contributed by atoms with Gasteiger partial charge in [-0.25, -0.2) is 0 Å². The molecule has 1 aliphatic heterocycles. The van der Waals surface area contributed by atoms with E-state index >= 15 is 0 Å². The molecule has 0 saturated heterocycles. The molecule has 0 saturated carbocycles. The van der Waals surface area contributed by atoms with E-state index in [0.717, 1.165) is 21.5 Å². The van der Waals surface area contributed by atoms with E-state index in [4.69, 9.17) is 4.74 Å². The fraction of sp³-hybridized carbons (Fsp3) is 0.0400. The van der Waals surface area contributed by atoms with Crippen LogP contribution in [0.5, 0.6) is 5.75 Å². The van der Waals surface area contributed by atoms with Gasteiger partial charge < -0.3 is 9.30 Å². The minimum Gasteiger partial charge on any atom is -0.487 e. The maximum atomic E-state index is 6.22. The number of nitrogens with zero attached hydrogens (tertiary/aromatic N) is 1. The highest BCUT2D eigenvalue weighted by molar-refractivity contribution is 9.10. The molecule has 0 radical (unpaired) electrons. The van der Waals surface area contributed by atoms with Gasteiger partial charge in [-0.15, -0.1) is 0 Å². The number of para-hydroxylation sites is 2. The van der Waals surface area contributed by atoms with E-state index in [1.807, 2.05) is 0 Å². The van der Waals surface area contributed by atoms with Gasteiger partial charge in [0, 0.05) is 16.5 Å². The van der Waals surface area contributed by atoms with Crippen LogP contribution in [0, 0.1) is 0 Å². The summed E-state index contributed by atoms with van der Waals surface area (Å²) in [4.78, 5) is 0.